The van der Waals surface area contributed by atoms with E-state index in [-0.39, 0.29) is 5.56 Å². The number of aryl methyl sites for hydroxylation is 3. The molecule has 0 spiro atoms. The Morgan fingerprint density at radius 1 is 1.00 bits per heavy atom. The molecule has 0 aliphatic carbocycles. The number of aromatic nitrogens is 2. The zero-order valence-electron chi connectivity index (χ0n) is 15.5. The van der Waals surface area contributed by atoms with Gasteiger partial charge < -0.3 is 0 Å². The Morgan fingerprint density at radius 2 is 1.78 bits per heavy atom. The quantitative estimate of drug-likeness (QED) is 0.332. The maximum absolute atomic E-state index is 13.2. The van der Waals surface area contributed by atoms with Crippen molar-refractivity contribution >= 4 is 33.3 Å². The van der Waals surface area contributed by atoms with Gasteiger partial charge in [-0.1, -0.05) is 47.7 Å². The van der Waals surface area contributed by atoms with E-state index < -0.39 is 0 Å². The molecule has 2 aromatic heterocycles. The van der Waals surface area contributed by atoms with E-state index in [1.165, 1.54) is 33.6 Å². The fraction of sp³-hybridized carbons (Fsp3) is 0.182. The van der Waals surface area contributed by atoms with Crippen LogP contribution in [0.1, 0.15) is 22.3 Å². The summed E-state index contributed by atoms with van der Waals surface area (Å²) in [6.07, 6.45) is 0. The van der Waals surface area contributed by atoms with Crippen LogP contribution in [-0.4, -0.2) is 9.55 Å². The van der Waals surface area contributed by atoms with Gasteiger partial charge >= 0.3 is 0 Å². The van der Waals surface area contributed by atoms with Gasteiger partial charge in [0, 0.05) is 5.75 Å². The van der Waals surface area contributed by atoms with Crippen molar-refractivity contribution in [2.45, 2.75) is 31.7 Å². The van der Waals surface area contributed by atoms with Crippen molar-refractivity contribution < 1.29 is 0 Å². The molecule has 2 heterocycles. The van der Waals surface area contributed by atoms with Crippen LogP contribution in [0.4, 0.5) is 0 Å². The predicted molar refractivity (Wildman–Crippen MR) is 115 cm³/mol. The molecule has 0 unspecified atom stereocenters. The third-order valence-electron chi connectivity index (χ3n) is 4.69. The van der Waals surface area contributed by atoms with Gasteiger partial charge in [0.25, 0.3) is 5.56 Å². The monoisotopic (exact) mass is 392 g/mol. The Morgan fingerprint density at radius 3 is 2.52 bits per heavy atom. The number of hydrogen-bond acceptors (Lipinski definition) is 4. The molecule has 27 heavy (non-hydrogen) atoms. The molecule has 5 heteroatoms. The highest BCUT2D eigenvalue weighted by atomic mass is 32.2. The predicted octanol–water partition coefficient (Wildman–Crippen LogP) is 5.66. The smallest absolute Gasteiger partial charge is 0.267 e. The molecule has 0 saturated carbocycles. The summed E-state index contributed by atoms with van der Waals surface area (Å²) in [5, 5.41) is 2.66. The summed E-state index contributed by atoms with van der Waals surface area (Å²) in [5.41, 5.74) is 6.50. The molecule has 0 radical (unpaired) electrons. The molecule has 0 amide bonds. The van der Waals surface area contributed by atoms with Crippen LogP contribution in [0.2, 0.25) is 0 Å². The lowest BCUT2D eigenvalue weighted by molar-refractivity contribution is 0.820. The number of thioether (sulfide) groups is 1. The van der Waals surface area contributed by atoms with Crippen molar-refractivity contribution in [1.82, 2.24) is 9.55 Å². The van der Waals surface area contributed by atoms with Gasteiger partial charge in [-0.3, -0.25) is 9.36 Å². The largest absolute Gasteiger partial charge is 0.276 e. The van der Waals surface area contributed by atoms with Crippen LogP contribution >= 0.6 is 23.1 Å². The average molecular weight is 393 g/mol. The molecule has 2 aromatic carbocycles. The molecular weight excluding hydrogens is 372 g/mol. The summed E-state index contributed by atoms with van der Waals surface area (Å²) in [6, 6.07) is 16.5. The fourth-order valence-electron chi connectivity index (χ4n) is 2.91. The van der Waals surface area contributed by atoms with Crippen molar-refractivity contribution in [2.75, 3.05) is 0 Å². The maximum Gasteiger partial charge on any atom is 0.276 e. The Labute approximate surface area is 166 Å². The summed E-state index contributed by atoms with van der Waals surface area (Å²) in [7, 11) is 0. The van der Waals surface area contributed by atoms with E-state index in [1.54, 1.807) is 16.3 Å². The standard InChI is InChI=1S/C22H20N2OS2/c1-14-4-7-17(8-5-14)13-27-22-23-19-10-11-26-20(19)21(25)24(22)18-9-6-15(2)16(3)12-18/h4-12H,13H2,1-3H3. The third kappa shape index (κ3) is 3.57. The van der Waals surface area contributed by atoms with Crippen molar-refractivity contribution in [3.8, 4) is 5.69 Å². The van der Waals surface area contributed by atoms with Gasteiger partial charge in [0.2, 0.25) is 0 Å². The molecule has 136 valence electrons. The lowest BCUT2D eigenvalue weighted by Gasteiger charge is -2.13. The van der Waals surface area contributed by atoms with E-state index in [9.17, 15) is 4.79 Å². The minimum atomic E-state index is 0.00431. The van der Waals surface area contributed by atoms with Crippen LogP contribution < -0.4 is 5.56 Å². The second-order valence-corrected chi connectivity index (χ2v) is 8.57. The van der Waals surface area contributed by atoms with Crippen molar-refractivity contribution in [3.05, 3.63) is 86.5 Å². The van der Waals surface area contributed by atoms with E-state index in [0.29, 0.717) is 4.70 Å². The first-order chi connectivity index (χ1) is 13.0. The van der Waals surface area contributed by atoms with Crippen LogP contribution in [0.15, 0.2) is 63.9 Å². The van der Waals surface area contributed by atoms with E-state index in [4.69, 9.17) is 4.98 Å². The molecule has 4 rings (SSSR count). The normalized spacial score (nSPS) is 11.2. The Balaban J connectivity index is 1.81. The maximum atomic E-state index is 13.2. The number of rotatable bonds is 4. The Bertz CT molecular complexity index is 1170. The summed E-state index contributed by atoms with van der Waals surface area (Å²) in [4.78, 5) is 18.0. The number of hydrogen-bond donors (Lipinski definition) is 0. The topological polar surface area (TPSA) is 34.9 Å². The van der Waals surface area contributed by atoms with Gasteiger partial charge in [0.15, 0.2) is 5.16 Å². The SMILES string of the molecule is Cc1ccc(CSc2nc3ccsc3c(=O)n2-c2ccc(C)c(C)c2)cc1. The number of benzene rings is 2. The first-order valence-electron chi connectivity index (χ1n) is 8.79. The van der Waals surface area contributed by atoms with E-state index in [2.05, 4.69) is 57.2 Å². The summed E-state index contributed by atoms with van der Waals surface area (Å²) < 4.78 is 2.46. The van der Waals surface area contributed by atoms with Crippen LogP contribution in [0, 0.1) is 20.8 Å². The fourth-order valence-corrected chi connectivity index (χ4v) is 4.64. The number of thiophene rings is 1. The molecule has 0 bridgehead atoms. The summed E-state index contributed by atoms with van der Waals surface area (Å²) >= 11 is 3.05. The number of fused-ring (bicyclic) bond motifs is 1. The second-order valence-electron chi connectivity index (χ2n) is 6.71. The number of nitrogens with zero attached hydrogens (tertiary/aromatic N) is 2. The molecule has 3 nitrogen and oxygen atoms in total. The lowest BCUT2D eigenvalue weighted by Crippen LogP contribution is -2.21. The highest BCUT2D eigenvalue weighted by Gasteiger charge is 2.15. The zero-order chi connectivity index (χ0) is 19.0. The summed E-state index contributed by atoms with van der Waals surface area (Å²) in [6.45, 7) is 6.23. The molecule has 0 N–H and O–H groups in total. The van der Waals surface area contributed by atoms with Gasteiger partial charge in [-0.2, -0.15) is 0 Å². The van der Waals surface area contributed by atoms with Crippen molar-refractivity contribution in [3.63, 3.8) is 0 Å². The van der Waals surface area contributed by atoms with Crippen LogP contribution in [-0.2, 0) is 5.75 Å². The molecule has 0 aliphatic heterocycles. The molecule has 0 aliphatic rings. The molecule has 0 saturated heterocycles. The van der Waals surface area contributed by atoms with E-state index in [0.717, 1.165) is 22.1 Å². The van der Waals surface area contributed by atoms with E-state index in [1.807, 2.05) is 17.5 Å². The van der Waals surface area contributed by atoms with Gasteiger partial charge in [0.1, 0.15) is 4.70 Å². The lowest BCUT2D eigenvalue weighted by atomic mass is 10.1. The molecule has 0 fully saturated rings. The van der Waals surface area contributed by atoms with Crippen molar-refractivity contribution in [2.24, 2.45) is 0 Å². The van der Waals surface area contributed by atoms with Crippen LogP contribution in [0.3, 0.4) is 0 Å². The van der Waals surface area contributed by atoms with E-state index >= 15 is 0 Å². The Kier molecular flexibility index (Phi) is 4.89. The minimum absolute atomic E-state index is 0.00431. The highest BCUT2D eigenvalue weighted by Crippen LogP contribution is 2.27. The average Bonchev–Trinajstić information content (AvgIpc) is 3.13. The van der Waals surface area contributed by atoms with Gasteiger partial charge in [0.05, 0.1) is 11.2 Å². The van der Waals surface area contributed by atoms with Crippen LogP contribution in [0.5, 0.6) is 0 Å². The minimum Gasteiger partial charge on any atom is -0.267 e. The molecule has 0 atom stereocenters. The zero-order valence-corrected chi connectivity index (χ0v) is 17.2. The van der Waals surface area contributed by atoms with Gasteiger partial charge in [-0.05, 0) is 61.0 Å². The molecular formula is C22H20N2OS2. The van der Waals surface area contributed by atoms with Gasteiger partial charge in [-0.25, -0.2) is 4.98 Å². The van der Waals surface area contributed by atoms with Crippen LogP contribution in [0.25, 0.3) is 15.9 Å². The summed E-state index contributed by atoms with van der Waals surface area (Å²) in [5.74, 6) is 0.771. The molecule has 4 aromatic rings. The first-order valence-corrected chi connectivity index (χ1v) is 10.7. The Hall–Kier alpha value is -2.37. The third-order valence-corrected chi connectivity index (χ3v) is 6.59. The first kappa shape index (κ1) is 18.0. The second kappa shape index (κ2) is 7.33. The highest BCUT2D eigenvalue weighted by molar-refractivity contribution is 7.98. The van der Waals surface area contributed by atoms with Crippen molar-refractivity contribution in [1.29, 1.82) is 0 Å². The van der Waals surface area contributed by atoms with Gasteiger partial charge in [-0.15, -0.1) is 11.3 Å².